The van der Waals surface area contributed by atoms with E-state index in [4.69, 9.17) is 0 Å². The van der Waals surface area contributed by atoms with Gasteiger partial charge in [0.1, 0.15) is 5.78 Å². The van der Waals surface area contributed by atoms with Gasteiger partial charge in [-0.25, -0.2) is 0 Å². The minimum Gasteiger partial charge on any atom is -0.393 e. The standard InChI is InChI=1S/C31H51NO2/c1-7-8-22(10-9-20(2)3)21(4)24-11-12-25-28-26(14-15-29(24,25)5)30(6)16-13-23(33)17-31(30,19-32)18-27(28)34/h20-26,28,33H,7-18H2,1-6H3/t21-,22?,23+,24-,25+,26+,28+,29-,30-,31-/m1/s1. The SMILES string of the molecule is CCCC(CCC(C)C)[C@@H](C)[C@H]1CC[C@H]2[C@@H]3C(=O)C[C@@]4(C#N)C[C@@H](O)CC[C@]4(C)[C@H]3CC[C@]12C. The summed E-state index contributed by atoms with van der Waals surface area (Å²) in [5.41, 5.74) is -0.533. The van der Waals surface area contributed by atoms with Crippen LogP contribution in [0.15, 0.2) is 0 Å². The quantitative estimate of drug-likeness (QED) is 0.418. The number of aliphatic hydroxyl groups excluding tert-OH is 1. The summed E-state index contributed by atoms with van der Waals surface area (Å²) in [7, 11) is 0. The average molecular weight is 470 g/mol. The molecule has 34 heavy (non-hydrogen) atoms. The van der Waals surface area contributed by atoms with Crippen molar-refractivity contribution in [3.05, 3.63) is 0 Å². The van der Waals surface area contributed by atoms with Crippen molar-refractivity contribution < 1.29 is 9.90 Å². The molecule has 0 aliphatic heterocycles. The van der Waals surface area contributed by atoms with Crippen molar-refractivity contribution in [2.24, 2.45) is 57.7 Å². The van der Waals surface area contributed by atoms with Crippen molar-refractivity contribution >= 4 is 5.78 Å². The monoisotopic (exact) mass is 469 g/mol. The van der Waals surface area contributed by atoms with Crippen LogP contribution in [0.1, 0.15) is 119 Å². The highest BCUT2D eigenvalue weighted by molar-refractivity contribution is 5.84. The van der Waals surface area contributed by atoms with Gasteiger partial charge in [0.2, 0.25) is 0 Å². The van der Waals surface area contributed by atoms with Crippen LogP contribution in [-0.4, -0.2) is 17.0 Å². The number of rotatable bonds is 7. The molecule has 0 radical (unpaired) electrons. The van der Waals surface area contributed by atoms with Crippen LogP contribution in [0, 0.1) is 69.0 Å². The van der Waals surface area contributed by atoms with E-state index in [2.05, 4.69) is 47.6 Å². The van der Waals surface area contributed by atoms with E-state index < -0.39 is 11.5 Å². The maximum atomic E-state index is 13.8. The molecule has 0 aromatic rings. The van der Waals surface area contributed by atoms with Crippen LogP contribution in [0.4, 0.5) is 0 Å². The van der Waals surface area contributed by atoms with Crippen molar-refractivity contribution in [3.63, 3.8) is 0 Å². The van der Waals surface area contributed by atoms with E-state index in [-0.39, 0.29) is 16.7 Å². The van der Waals surface area contributed by atoms with Crippen LogP contribution in [0.2, 0.25) is 0 Å². The topological polar surface area (TPSA) is 61.1 Å². The number of carbonyl (C=O) groups is 1. The number of Topliss-reactive ketones (excluding diaryl/α,β-unsaturated/α-hetero) is 1. The first kappa shape index (κ1) is 26.2. The summed E-state index contributed by atoms with van der Waals surface area (Å²) in [4.78, 5) is 13.8. The number of nitrogens with zero attached hydrogens (tertiary/aromatic N) is 1. The van der Waals surface area contributed by atoms with Crippen molar-refractivity contribution in [3.8, 4) is 6.07 Å². The van der Waals surface area contributed by atoms with E-state index >= 15 is 0 Å². The third-order valence-electron chi connectivity index (χ3n) is 12.1. The van der Waals surface area contributed by atoms with Gasteiger partial charge in [0, 0.05) is 12.3 Å². The molecular formula is C31H51NO2. The molecule has 4 fully saturated rings. The Kier molecular flexibility index (Phi) is 7.34. The first-order valence-corrected chi connectivity index (χ1v) is 14.6. The van der Waals surface area contributed by atoms with E-state index in [1.165, 1.54) is 44.9 Å². The maximum Gasteiger partial charge on any atom is 0.138 e. The Morgan fingerprint density at radius 1 is 1.03 bits per heavy atom. The fourth-order valence-corrected chi connectivity index (χ4v) is 10.0. The van der Waals surface area contributed by atoms with Crippen LogP contribution >= 0.6 is 0 Å². The molecule has 1 N–H and O–H groups in total. The van der Waals surface area contributed by atoms with Crippen molar-refractivity contribution in [1.29, 1.82) is 5.26 Å². The highest BCUT2D eigenvalue weighted by Crippen LogP contribution is 2.70. The van der Waals surface area contributed by atoms with Gasteiger partial charge in [-0.05, 0) is 97.7 Å². The smallest absolute Gasteiger partial charge is 0.138 e. The lowest BCUT2D eigenvalue weighted by molar-refractivity contribution is -0.173. The summed E-state index contributed by atoms with van der Waals surface area (Å²) >= 11 is 0. The number of ketones is 1. The lowest BCUT2D eigenvalue weighted by atomic mass is 9.39. The molecule has 0 heterocycles. The lowest BCUT2D eigenvalue weighted by Gasteiger charge is -2.63. The Balaban J connectivity index is 1.60. The van der Waals surface area contributed by atoms with Gasteiger partial charge in [-0.1, -0.05) is 60.8 Å². The second-order valence-corrected chi connectivity index (χ2v) is 14.0. The van der Waals surface area contributed by atoms with E-state index in [1.807, 2.05) is 0 Å². The molecule has 3 nitrogen and oxygen atoms in total. The molecule has 4 saturated carbocycles. The highest BCUT2D eigenvalue weighted by Gasteiger charge is 2.67. The third kappa shape index (κ3) is 3.99. The van der Waals surface area contributed by atoms with Gasteiger partial charge in [0.15, 0.2) is 0 Å². The zero-order chi connectivity index (χ0) is 24.9. The molecule has 0 amide bonds. The van der Waals surface area contributed by atoms with Gasteiger partial charge in [0.25, 0.3) is 0 Å². The van der Waals surface area contributed by atoms with Crippen LogP contribution < -0.4 is 0 Å². The largest absolute Gasteiger partial charge is 0.393 e. The normalized spacial score (nSPS) is 45.7. The van der Waals surface area contributed by atoms with Crippen molar-refractivity contribution in [1.82, 2.24) is 0 Å². The highest BCUT2D eigenvalue weighted by atomic mass is 16.3. The first-order valence-electron chi connectivity index (χ1n) is 14.6. The second kappa shape index (κ2) is 9.53. The molecule has 0 aromatic heterocycles. The maximum absolute atomic E-state index is 13.8. The summed E-state index contributed by atoms with van der Waals surface area (Å²) in [6.45, 7) is 14.4. The Morgan fingerprint density at radius 2 is 1.76 bits per heavy atom. The molecule has 192 valence electrons. The zero-order valence-electron chi connectivity index (χ0n) is 22.9. The molecule has 0 aromatic carbocycles. The van der Waals surface area contributed by atoms with Crippen molar-refractivity contribution in [2.75, 3.05) is 0 Å². The lowest BCUT2D eigenvalue weighted by Crippen LogP contribution is -2.62. The molecule has 0 saturated heterocycles. The molecule has 4 aliphatic carbocycles. The van der Waals surface area contributed by atoms with Crippen LogP contribution in [0.3, 0.4) is 0 Å². The predicted octanol–water partition coefficient (Wildman–Crippen LogP) is 7.57. The fraction of sp³-hybridized carbons (Fsp3) is 0.935. The number of carbonyl (C=O) groups excluding carboxylic acids is 1. The number of hydrogen-bond acceptors (Lipinski definition) is 3. The summed E-state index contributed by atoms with van der Waals surface area (Å²) in [6, 6.07) is 2.62. The van der Waals surface area contributed by atoms with E-state index in [0.29, 0.717) is 30.5 Å². The predicted molar refractivity (Wildman–Crippen MR) is 138 cm³/mol. The summed E-state index contributed by atoms with van der Waals surface area (Å²) in [5.74, 6) is 4.31. The summed E-state index contributed by atoms with van der Waals surface area (Å²) in [6.07, 6.45) is 12.2. The second-order valence-electron chi connectivity index (χ2n) is 14.0. The fourth-order valence-electron chi connectivity index (χ4n) is 10.0. The van der Waals surface area contributed by atoms with Gasteiger partial charge in [-0.2, -0.15) is 5.26 Å². The molecule has 4 rings (SSSR count). The van der Waals surface area contributed by atoms with E-state index in [9.17, 15) is 15.2 Å². The minimum absolute atomic E-state index is 0.132. The minimum atomic E-state index is -0.662. The molecule has 3 heteroatoms. The average Bonchev–Trinajstić information content (AvgIpc) is 3.14. The van der Waals surface area contributed by atoms with Crippen LogP contribution in [-0.2, 0) is 4.79 Å². The number of fused-ring (bicyclic) bond motifs is 5. The molecular weight excluding hydrogens is 418 g/mol. The van der Waals surface area contributed by atoms with Crippen LogP contribution in [0.25, 0.3) is 0 Å². The van der Waals surface area contributed by atoms with E-state index in [1.54, 1.807) is 0 Å². The molecule has 1 unspecified atom stereocenters. The van der Waals surface area contributed by atoms with E-state index in [0.717, 1.165) is 42.9 Å². The number of nitriles is 1. The number of aliphatic hydroxyl groups is 1. The van der Waals surface area contributed by atoms with Crippen LogP contribution in [0.5, 0.6) is 0 Å². The summed E-state index contributed by atoms with van der Waals surface area (Å²) < 4.78 is 0. The van der Waals surface area contributed by atoms with Crippen molar-refractivity contribution in [2.45, 2.75) is 125 Å². The summed E-state index contributed by atoms with van der Waals surface area (Å²) in [5, 5.41) is 20.7. The Morgan fingerprint density at radius 3 is 2.41 bits per heavy atom. The van der Waals surface area contributed by atoms with Gasteiger partial charge in [0.05, 0.1) is 17.6 Å². The Labute approximate surface area is 209 Å². The molecule has 0 bridgehead atoms. The Hall–Kier alpha value is -0.880. The zero-order valence-corrected chi connectivity index (χ0v) is 22.9. The molecule has 0 spiro atoms. The third-order valence-corrected chi connectivity index (χ3v) is 12.1. The molecule has 4 aliphatic rings. The van der Waals surface area contributed by atoms with Gasteiger partial charge in [-0.15, -0.1) is 0 Å². The Bertz CT molecular complexity index is 800. The number of hydrogen-bond donors (Lipinski definition) is 1. The van der Waals surface area contributed by atoms with Gasteiger partial charge >= 0.3 is 0 Å². The van der Waals surface area contributed by atoms with Gasteiger partial charge in [-0.3, -0.25) is 4.79 Å². The first-order chi connectivity index (χ1) is 16.0. The van der Waals surface area contributed by atoms with Gasteiger partial charge < -0.3 is 5.11 Å². The molecule has 10 atom stereocenters.